The normalized spacial score (nSPS) is 10.9. The molecule has 0 saturated carbocycles. The highest BCUT2D eigenvalue weighted by molar-refractivity contribution is 6.35. The maximum atomic E-state index is 12.4. The van der Waals surface area contributed by atoms with E-state index in [1.807, 2.05) is 53.4 Å². The molecular formula is C26H21Cl2N3O3. The fraction of sp³-hybridized carbons (Fsp3) is 0.0769. The molecule has 4 aromatic rings. The number of carbonyl (C=O) groups excluding carboxylic acids is 1. The van der Waals surface area contributed by atoms with Crippen LogP contribution in [0.1, 0.15) is 21.5 Å². The number of hydrogen-bond donors (Lipinski definition) is 1. The summed E-state index contributed by atoms with van der Waals surface area (Å²) in [4.78, 5) is 12.4. The third-order valence-corrected chi connectivity index (χ3v) is 5.58. The minimum Gasteiger partial charge on any atom is -0.493 e. The first-order valence-corrected chi connectivity index (χ1v) is 11.1. The Balaban J connectivity index is 1.36. The van der Waals surface area contributed by atoms with Crippen LogP contribution < -0.4 is 14.9 Å². The van der Waals surface area contributed by atoms with E-state index in [1.165, 1.54) is 6.21 Å². The lowest BCUT2D eigenvalue weighted by atomic mass is 10.2. The highest BCUT2D eigenvalue weighted by atomic mass is 35.5. The van der Waals surface area contributed by atoms with Gasteiger partial charge in [-0.25, -0.2) is 5.43 Å². The monoisotopic (exact) mass is 493 g/mol. The van der Waals surface area contributed by atoms with Crippen molar-refractivity contribution in [2.45, 2.75) is 6.61 Å². The van der Waals surface area contributed by atoms with Crippen LogP contribution in [0, 0.1) is 0 Å². The Bertz CT molecular complexity index is 1300. The molecule has 34 heavy (non-hydrogen) atoms. The predicted molar refractivity (Wildman–Crippen MR) is 135 cm³/mol. The number of nitrogens with zero attached hydrogens (tertiary/aromatic N) is 2. The fourth-order valence-corrected chi connectivity index (χ4v) is 3.66. The zero-order valence-corrected chi connectivity index (χ0v) is 19.8. The molecule has 0 atom stereocenters. The van der Waals surface area contributed by atoms with Crippen molar-refractivity contribution in [2.24, 2.45) is 5.10 Å². The van der Waals surface area contributed by atoms with Gasteiger partial charge in [-0.2, -0.15) is 5.10 Å². The Morgan fingerprint density at radius 3 is 2.47 bits per heavy atom. The Labute approximate surface area is 207 Å². The molecule has 1 N–H and O–H groups in total. The van der Waals surface area contributed by atoms with Crippen LogP contribution >= 0.6 is 23.2 Å². The quantitative estimate of drug-likeness (QED) is 0.237. The number of hydrazone groups is 1. The third-order valence-electron chi connectivity index (χ3n) is 5.00. The minimum absolute atomic E-state index is 0.263. The highest BCUT2D eigenvalue weighted by Gasteiger charge is 2.08. The lowest BCUT2D eigenvalue weighted by Gasteiger charge is -2.12. The van der Waals surface area contributed by atoms with Crippen LogP contribution in [0.2, 0.25) is 10.0 Å². The number of amides is 1. The van der Waals surface area contributed by atoms with E-state index >= 15 is 0 Å². The number of nitrogens with one attached hydrogen (secondary N) is 1. The van der Waals surface area contributed by atoms with E-state index in [1.54, 1.807) is 43.5 Å². The summed E-state index contributed by atoms with van der Waals surface area (Å²) in [6.45, 7) is 0.263. The number of halogens is 2. The van der Waals surface area contributed by atoms with E-state index in [9.17, 15) is 4.79 Å². The molecule has 3 aromatic carbocycles. The summed E-state index contributed by atoms with van der Waals surface area (Å²) in [7, 11) is 1.55. The van der Waals surface area contributed by atoms with Gasteiger partial charge in [-0.3, -0.25) is 4.79 Å². The highest BCUT2D eigenvalue weighted by Crippen LogP contribution is 2.29. The minimum atomic E-state index is -0.304. The van der Waals surface area contributed by atoms with E-state index in [0.717, 1.165) is 16.8 Å². The van der Waals surface area contributed by atoms with Gasteiger partial charge in [-0.1, -0.05) is 29.3 Å². The summed E-state index contributed by atoms with van der Waals surface area (Å²) in [5.74, 6) is 0.778. The summed E-state index contributed by atoms with van der Waals surface area (Å²) in [6.07, 6.45) is 5.42. The van der Waals surface area contributed by atoms with Gasteiger partial charge in [0.05, 0.1) is 13.3 Å². The molecule has 8 heteroatoms. The average Bonchev–Trinajstić information content (AvgIpc) is 3.39. The number of ether oxygens (including phenoxy) is 2. The first-order chi connectivity index (χ1) is 16.5. The van der Waals surface area contributed by atoms with Crippen molar-refractivity contribution in [3.63, 3.8) is 0 Å². The Morgan fingerprint density at radius 1 is 1.00 bits per heavy atom. The van der Waals surface area contributed by atoms with Gasteiger partial charge >= 0.3 is 0 Å². The van der Waals surface area contributed by atoms with Gasteiger partial charge in [0.25, 0.3) is 5.91 Å². The number of rotatable bonds is 8. The lowest BCUT2D eigenvalue weighted by Crippen LogP contribution is -2.17. The number of aromatic nitrogens is 1. The molecule has 0 aliphatic heterocycles. The molecule has 0 aliphatic carbocycles. The number of carbonyl (C=O) groups is 1. The van der Waals surface area contributed by atoms with Gasteiger partial charge in [0.15, 0.2) is 11.5 Å². The SMILES string of the molecule is COc1cc(/C=N/NC(=O)c2ccc(-n3cccc3)cc2)ccc1OCc1ccc(Cl)cc1Cl. The first kappa shape index (κ1) is 23.4. The van der Waals surface area contributed by atoms with Crippen LogP contribution in [0.25, 0.3) is 5.69 Å². The van der Waals surface area contributed by atoms with Crippen molar-refractivity contribution in [1.29, 1.82) is 0 Å². The molecule has 0 saturated heterocycles. The third kappa shape index (κ3) is 5.78. The summed E-state index contributed by atoms with van der Waals surface area (Å²) in [5.41, 5.74) is 5.56. The van der Waals surface area contributed by atoms with Crippen LogP contribution in [-0.2, 0) is 6.61 Å². The molecule has 172 valence electrons. The fourth-order valence-electron chi connectivity index (χ4n) is 3.20. The van der Waals surface area contributed by atoms with Gasteiger partial charge in [0.1, 0.15) is 6.61 Å². The number of methoxy groups -OCH3 is 1. The van der Waals surface area contributed by atoms with Crippen molar-refractivity contribution in [3.8, 4) is 17.2 Å². The lowest BCUT2D eigenvalue weighted by molar-refractivity contribution is 0.0955. The average molecular weight is 494 g/mol. The molecule has 0 radical (unpaired) electrons. The van der Waals surface area contributed by atoms with E-state index in [4.69, 9.17) is 32.7 Å². The van der Waals surface area contributed by atoms with Gasteiger partial charge in [0.2, 0.25) is 0 Å². The smallest absolute Gasteiger partial charge is 0.271 e. The maximum Gasteiger partial charge on any atom is 0.271 e. The topological polar surface area (TPSA) is 64.8 Å². The molecule has 1 amide bonds. The maximum absolute atomic E-state index is 12.4. The molecule has 0 unspecified atom stereocenters. The van der Waals surface area contributed by atoms with Crippen LogP contribution in [0.5, 0.6) is 11.5 Å². The van der Waals surface area contributed by atoms with Gasteiger partial charge in [0, 0.05) is 39.3 Å². The molecule has 1 heterocycles. The Kier molecular flexibility index (Phi) is 7.52. The molecule has 0 spiro atoms. The van der Waals surface area contributed by atoms with Crippen LogP contribution in [0.15, 0.2) is 90.3 Å². The molecule has 0 fully saturated rings. The Hall–Kier alpha value is -3.74. The predicted octanol–water partition coefficient (Wildman–Crippen LogP) is 6.14. The van der Waals surface area contributed by atoms with Gasteiger partial charge in [-0.05, 0) is 72.3 Å². The first-order valence-electron chi connectivity index (χ1n) is 10.3. The number of hydrogen-bond acceptors (Lipinski definition) is 4. The van der Waals surface area contributed by atoms with Crippen LogP contribution in [0.4, 0.5) is 0 Å². The molecular weight excluding hydrogens is 473 g/mol. The molecule has 0 bridgehead atoms. The zero-order valence-electron chi connectivity index (χ0n) is 18.2. The van der Waals surface area contributed by atoms with Crippen molar-refractivity contribution in [1.82, 2.24) is 9.99 Å². The van der Waals surface area contributed by atoms with Crippen LogP contribution in [0.3, 0.4) is 0 Å². The summed E-state index contributed by atoms with van der Waals surface area (Å²) < 4.78 is 13.3. The van der Waals surface area contributed by atoms with E-state index in [0.29, 0.717) is 27.1 Å². The Morgan fingerprint density at radius 2 is 1.76 bits per heavy atom. The van der Waals surface area contributed by atoms with Gasteiger partial charge in [-0.15, -0.1) is 0 Å². The zero-order chi connectivity index (χ0) is 23.9. The van der Waals surface area contributed by atoms with Crippen LogP contribution in [-0.4, -0.2) is 23.8 Å². The second kappa shape index (κ2) is 10.9. The van der Waals surface area contributed by atoms with Gasteiger partial charge < -0.3 is 14.0 Å². The van der Waals surface area contributed by atoms with E-state index < -0.39 is 0 Å². The molecule has 6 nitrogen and oxygen atoms in total. The van der Waals surface area contributed by atoms with Crippen molar-refractivity contribution >= 4 is 35.3 Å². The van der Waals surface area contributed by atoms with Crippen molar-refractivity contribution in [2.75, 3.05) is 7.11 Å². The summed E-state index contributed by atoms with van der Waals surface area (Å²) >= 11 is 12.1. The second-order valence-corrected chi connectivity index (χ2v) is 8.11. The summed E-state index contributed by atoms with van der Waals surface area (Å²) in [5, 5.41) is 5.15. The largest absolute Gasteiger partial charge is 0.493 e. The molecule has 1 aromatic heterocycles. The second-order valence-electron chi connectivity index (χ2n) is 7.27. The van der Waals surface area contributed by atoms with Crippen molar-refractivity contribution in [3.05, 3.63) is 112 Å². The van der Waals surface area contributed by atoms with Crippen molar-refractivity contribution < 1.29 is 14.3 Å². The summed E-state index contributed by atoms with van der Waals surface area (Å²) in [6, 6.07) is 21.7. The van der Waals surface area contributed by atoms with E-state index in [2.05, 4.69) is 10.5 Å². The standard InChI is InChI=1S/C26H21Cl2N3O3/c1-33-25-14-18(4-11-24(25)34-17-20-5-8-21(27)15-23(20)28)16-29-30-26(32)19-6-9-22(10-7-19)31-12-2-3-13-31/h2-16H,17H2,1H3,(H,30,32)/b29-16+. The molecule has 4 rings (SSSR count). The molecule has 0 aliphatic rings. The number of benzene rings is 3. The van der Waals surface area contributed by atoms with E-state index in [-0.39, 0.29) is 12.5 Å².